The Morgan fingerprint density at radius 2 is 1.82 bits per heavy atom. The average Bonchev–Trinajstić information content (AvgIpc) is 2.84. The molecule has 2 fully saturated rings. The lowest BCUT2D eigenvalue weighted by Crippen LogP contribution is -2.44. The van der Waals surface area contributed by atoms with Crippen LogP contribution in [0.4, 0.5) is 5.69 Å². The number of benzene rings is 2. The number of likely N-dealkylation sites (tertiary alicyclic amines) is 1. The second kappa shape index (κ2) is 11.2. The van der Waals surface area contributed by atoms with Gasteiger partial charge in [-0.1, -0.05) is 36.2 Å². The number of amides is 1. The van der Waals surface area contributed by atoms with E-state index in [-0.39, 0.29) is 5.91 Å². The second-order valence-electron chi connectivity index (χ2n) is 9.62. The van der Waals surface area contributed by atoms with Gasteiger partial charge in [0, 0.05) is 31.5 Å². The zero-order chi connectivity index (χ0) is 23.1. The molecule has 2 heterocycles. The molecule has 1 amide bonds. The number of hydrogen-bond acceptors (Lipinski definition) is 4. The van der Waals surface area contributed by atoms with Gasteiger partial charge in [0.15, 0.2) is 0 Å². The van der Waals surface area contributed by atoms with Crippen molar-refractivity contribution < 1.29 is 14.3 Å². The van der Waals surface area contributed by atoms with Crippen LogP contribution in [0, 0.1) is 6.92 Å². The third kappa shape index (κ3) is 5.96. The zero-order valence-corrected chi connectivity index (χ0v) is 20.1. The predicted octanol–water partition coefficient (Wildman–Crippen LogP) is 5.33. The summed E-state index contributed by atoms with van der Waals surface area (Å²) in [6.07, 6.45) is 6.40. The fourth-order valence-electron chi connectivity index (χ4n) is 5.07. The van der Waals surface area contributed by atoms with Gasteiger partial charge in [-0.2, -0.15) is 0 Å². The molecule has 2 saturated heterocycles. The SMILES string of the molecule is Cc1ccc(C2(C(=O)Nc3ccc(OCCCN4CCCCC4C)cc3)CCOCC2)cc1. The summed E-state index contributed by atoms with van der Waals surface area (Å²) < 4.78 is 11.5. The lowest BCUT2D eigenvalue weighted by atomic mass is 9.73. The highest BCUT2D eigenvalue weighted by Gasteiger charge is 2.41. The van der Waals surface area contributed by atoms with Gasteiger partial charge in [-0.25, -0.2) is 0 Å². The molecule has 5 heteroatoms. The summed E-state index contributed by atoms with van der Waals surface area (Å²) in [7, 11) is 0. The standard InChI is InChI=1S/C28H38N2O3/c1-22-7-9-24(10-8-22)28(15-20-32-21-16-28)27(31)29-25-11-13-26(14-12-25)33-19-5-18-30-17-4-3-6-23(30)2/h7-14,23H,3-6,15-21H2,1-2H3,(H,29,31). The molecule has 178 valence electrons. The number of hydrogen-bond donors (Lipinski definition) is 1. The Morgan fingerprint density at radius 3 is 2.52 bits per heavy atom. The third-order valence-corrected chi connectivity index (χ3v) is 7.30. The molecule has 5 nitrogen and oxygen atoms in total. The van der Waals surface area contributed by atoms with Gasteiger partial charge in [-0.3, -0.25) is 4.79 Å². The number of nitrogens with zero attached hydrogens (tertiary/aromatic N) is 1. The molecule has 1 atom stereocenters. The lowest BCUT2D eigenvalue weighted by molar-refractivity contribution is -0.125. The van der Waals surface area contributed by atoms with E-state index in [1.807, 2.05) is 24.3 Å². The van der Waals surface area contributed by atoms with Crippen molar-refractivity contribution in [1.82, 2.24) is 4.90 Å². The van der Waals surface area contributed by atoms with E-state index in [9.17, 15) is 4.79 Å². The molecule has 2 aliphatic rings. The van der Waals surface area contributed by atoms with Crippen molar-refractivity contribution >= 4 is 11.6 Å². The van der Waals surface area contributed by atoms with Crippen LogP contribution in [0.15, 0.2) is 48.5 Å². The number of anilines is 1. The number of carbonyl (C=O) groups is 1. The number of nitrogens with one attached hydrogen (secondary N) is 1. The summed E-state index contributed by atoms with van der Waals surface area (Å²) in [4.78, 5) is 16.0. The van der Waals surface area contributed by atoms with Crippen LogP contribution in [0.5, 0.6) is 5.75 Å². The van der Waals surface area contributed by atoms with E-state index in [2.05, 4.69) is 48.3 Å². The van der Waals surface area contributed by atoms with Gasteiger partial charge in [-0.05, 0) is 82.3 Å². The molecular formula is C28H38N2O3. The molecule has 0 bridgehead atoms. The predicted molar refractivity (Wildman–Crippen MR) is 133 cm³/mol. The monoisotopic (exact) mass is 450 g/mol. The maximum Gasteiger partial charge on any atom is 0.235 e. The molecule has 2 aromatic rings. The second-order valence-corrected chi connectivity index (χ2v) is 9.62. The summed E-state index contributed by atoms with van der Waals surface area (Å²) in [6.45, 7) is 8.63. The molecule has 0 aliphatic carbocycles. The van der Waals surface area contributed by atoms with Gasteiger partial charge >= 0.3 is 0 Å². The van der Waals surface area contributed by atoms with Crippen molar-refractivity contribution in [2.75, 3.05) is 38.2 Å². The van der Waals surface area contributed by atoms with Crippen molar-refractivity contribution in [2.24, 2.45) is 0 Å². The zero-order valence-electron chi connectivity index (χ0n) is 20.1. The van der Waals surface area contributed by atoms with Crippen LogP contribution in [0.1, 0.15) is 56.6 Å². The minimum atomic E-state index is -0.549. The van der Waals surface area contributed by atoms with Crippen LogP contribution in [0.25, 0.3) is 0 Å². The van der Waals surface area contributed by atoms with Crippen LogP contribution >= 0.6 is 0 Å². The Bertz CT molecular complexity index is 888. The Balaban J connectivity index is 1.31. The Hall–Kier alpha value is -2.37. The summed E-state index contributed by atoms with van der Waals surface area (Å²) in [5.41, 5.74) is 2.51. The van der Waals surface area contributed by atoms with E-state index in [1.54, 1.807) is 0 Å². The first-order chi connectivity index (χ1) is 16.1. The van der Waals surface area contributed by atoms with Crippen LogP contribution in [-0.4, -0.2) is 49.8 Å². The Labute approximate surface area is 198 Å². The topological polar surface area (TPSA) is 50.8 Å². The van der Waals surface area contributed by atoms with Crippen molar-refractivity contribution in [1.29, 1.82) is 0 Å². The molecular weight excluding hydrogens is 412 g/mol. The largest absolute Gasteiger partial charge is 0.494 e. The summed E-state index contributed by atoms with van der Waals surface area (Å²) in [5, 5.41) is 3.15. The smallest absolute Gasteiger partial charge is 0.235 e. The molecule has 0 radical (unpaired) electrons. The average molecular weight is 451 g/mol. The maximum absolute atomic E-state index is 13.4. The lowest BCUT2D eigenvalue weighted by Gasteiger charge is -2.36. The van der Waals surface area contributed by atoms with Crippen LogP contribution in [-0.2, 0) is 14.9 Å². The molecule has 0 spiro atoms. The van der Waals surface area contributed by atoms with E-state index in [0.717, 1.165) is 30.0 Å². The van der Waals surface area contributed by atoms with E-state index in [1.165, 1.54) is 31.4 Å². The minimum Gasteiger partial charge on any atom is -0.494 e. The molecule has 2 aliphatic heterocycles. The van der Waals surface area contributed by atoms with E-state index >= 15 is 0 Å². The fourth-order valence-corrected chi connectivity index (χ4v) is 5.07. The van der Waals surface area contributed by atoms with Gasteiger partial charge in [0.25, 0.3) is 0 Å². The molecule has 1 N–H and O–H groups in total. The summed E-state index contributed by atoms with van der Waals surface area (Å²) >= 11 is 0. The molecule has 4 rings (SSSR count). The number of ether oxygens (including phenoxy) is 2. The van der Waals surface area contributed by atoms with E-state index < -0.39 is 5.41 Å². The van der Waals surface area contributed by atoms with Gasteiger partial charge in [0.1, 0.15) is 5.75 Å². The first kappa shape index (κ1) is 23.8. The van der Waals surface area contributed by atoms with Crippen LogP contribution < -0.4 is 10.1 Å². The van der Waals surface area contributed by atoms with E-state index in [4.69, 9.17) is 9.47 Å². The first-order valence-electron chi connectivity index (χ1n) is 12.5. The Kier molecular flexibility index (Phi) is 8.05. The first-order valence-corrected chi connectivity index (χ1v) is 12.5. The molecule has 33 heavy (non-hydrogen) atoms. The number of piperidine rings is 1. The van der Waals surface area contributed by atoms with Gasteiger partial charge in [0.2, 0.25) is 5.91 Å². The van der Waals surface area contributed by atoms with Crippen molar-refractivity contribution in [3.05, 3.63) is 59.7 Å². The molecule has 2 aromatic carbocycles. The van der Waals surface area contributed by atoms with E-state index in [0.29, 0.717) is 38.7 Å². The molecule has 0 saturated carbocycles. The summed E-state index contributed by atoms with van der Waals surface area (Å²) in [6, 6.07) is 16.8. The fraction of sp³-hybridized carbons (Fsp3) is 0.536. The number of rotatable bonds is 8. The highest BCUT2D eigenvalue weighted by molar-refractivity contribution is 5.99. The van der Waals surface area contributed by atoms with Gasteiger partial charge in [-0.15, -0.1) is 0 Å². The van der Waals surface area contributed by atoms with Gasteiger partial charge < -0.3 is 19.7 Å². The van der Waals surface area contributed by atoms with Gasteiger partial charge in [0.05, 0.1) is 12.0 Å². The van der Waals surface area contributed by atoms with Crippen LogP contribution in [0.2, 0.25) is 0 Å². The minimum absolute atomic E-state index is 0.0407. The third-order valence-electron chi connectivity index (χ3n) is 7.30. The molecule has 1 unspecified atom stereocenters. The van der Waals surface area contributed by atoms with Crippen molar-refractivity contribution in [3.63, 3.8) is 0 Å². The number of carbonyl (C=O) groups excluding carboxylic acids is 1. The number of aryl methyl sites for hydroxylation is 1. The normalized spacial score (nSPS) is 20.8. The highest BCUT2D eigenvalue weighted by atomic mass is 16.5. The van der Waals surface area contributed by atoms with Crippen molar-refractivity contribution in [2.45, 2.75) is 63.8 Å². The van der Waals surface area contributed by atoms with Crippen molar-refractivity contribution in [3.8, 4) is 5.75 Å². The molecule has 0 aromatic heterocycles. The Morgan fingerprint density at radius 1 is 1.09 bits per heavy atom. The quantitative estimate of drug-likeness (QED) is 0.553. The summed E-state index contributed by atoms with van der Waals surface area (Å²) in [5.74, 6) is 0.887. The van der Waals surface area contributed by atoms with Crippen LogP contribution in [0.3, 0.4) is 0 Å². The highest BCUT2D eigenvalue weighted by Crippen LogP contribution is 2.36. The maximum atomic E-state index is 13.4.